The molecule has 1 aromatic carbocycles. The standard InChI is InChI=1S/C14H22N2O2/c1-3-5-6-14(17)18-13(4-2)11-8-7-10(15)9-12(11)16/h7-9,13H,3-6,15-16H2,1-2H3. The molecule has 4 nitrogen and oxygen atoms in total. The molecular weight excluding hydrogens is 228 g/mol. The van der Waals surface area contributed by atoms with E-state index in [9.17, 15) is 4.79 Å². The number of carbonyl (C=O) groups is 1. The van der Waals surface area contributed by atoms with Crippen molar-refractivity contribution in [1.82, 2.24) is 0 Å². The maximum absolute atomic E-state index is 11.6. The molecule has 0 saturated carbocycles. The second kappa shape index (κ2) is 6.89. The molecule has 1 rings (SSSR count). The van der Waals surface area contributed by atoms with Crippen LogP contribution in [-0.4, -0.2) is 5.97 Å². The fraction of sp³-hybridized carbons (Fsp3) is 0.500. The van der Waals surface area contributed by atoms with Gasteiger partial charge in [0.2, 0.25) is 0 Å². The van der Waals surface area contributed by atoms with Crippen molar-refractivity contribution in [3.63, 3.8) is 0 Å². The molecule has 4 N–H and O–H groups in total. The Balaban J connectivity index is 2.73. The predicted octanol–water partition coefficient (Wildman–Crippen LogP) is 3.04. The van der Waals surface area contributed by atoms with E-state index in [-0.39, 0.29) is 12.1 Å². The molecule has 100 valence electrons. The lowest BCUT2D eigenvalue weighted by molar-refractivity contribution is -0.149. The van der Waals surface area contributed by atoms with Gasteiger partial charge in [-0.2, -0.15) is 0 Å². The molecule has 0 amide bonds. The zero-order valence-corrected chi connectivity index (χ0v) is 11.1. The zero-order chi connectivity index (χ0) is 13.5. The van der Waals surface area contributed by atoms with E-state index < -0.39 is 0 Å². The summed E-state index contributed by atoms with van der Waals surface area (Å²) in [6.45, 7) is 4.01. The van der Waals surface area contributed by atoms with Crippen LogP contribution in [0.5, 0.6) is 0 Å². The Morgan fingerprint density at radius 2 is 2.06 bits per heavy atom. The van der Waals surface area contributed by atoms with Gasteiger partial charge in [0, 0.05) is 23.4 Å². The fourth-order valence-corrected chi connectivity index (χ4v) is 1.79. The van der Waals surface area contributed by atoms with Crippen LogP contribution in [0.2, 0.25) is 0 Å². The number of carbonyl (C=O) groups excluding carboxylic acids is 1. The maximum Gasteiger partial charge on any atom is 0.306 e. The first-order valence-electron chi connectivity index (χ1n) is 6.42. The number of benzene rings is 1. The molecule has 0 heterocycles. The third-order valence-corrected chi connectivity index (χ3v) is 2.84. The monoisotopic (exact) mass is 250 g/mol. The lowest BCUT2D eigenvalue weighted by Gasteiger charge is -2.18. The highest BCUT2D eigenvalue weighted by atomic mass is 16.5. The molecular formula is C14H22N2O2. The first-order chi connectivity index (χ1) is 8.58. The van der Waals surface area contributed by atoms with Gasteiger partial charge in [-0.05, 0) is 25.0 Å². The number of ether oxygens (including phenoxy) is 1. The lowest BCUT2D eigenvalue weighted by Crippen LogP contribution is -2.12. The van der Waals surface area contributed by atoms with E-state index in [0.717, 1.165) is 18.4 Å². The number of esters is 1. The minimum Gasteiger partial charge on any atom is -0.457 e. The van der Waals surface area contributed by atoms with E-state index in [2.05, 4.69) is 0 Å². The topological polar surface area (TPSA) is 78.3 Å². The zero-order valence-electron chi connectivity index (χ0n) is 11.1. The highest BCUT2D eigenvalue weighted by molar-refractivity contribution is 5.70. The van der Waals surface area contributed by atoms with Gasteiger partial charge in [-0.1, -0.05) is 26.3 Å². The summed E-state index contributed by atoms with van der Waals surface area (Å²) in [5, 5.41) is 0. The van der Waals surface area contributed by atoms with E-state index in [1.165, 1.54) is 0 Å². The molecule has 0 aliphatic heterocycles. The number of nitrogens with two attached hydrogens (primary N) is 2. The van der Waals surface area contributed by atoms with Crippen LogP contribution in [0.4, 0.5) is 11.4 Å². The van der Waals surface area contributed by atoms with Crippen LogP contribution in [0.1, 0.15) is 51.2 Å². The Morgan fingerprint density at radius 1 is 1.33 bits per heavy atom. The van der Waals surface area contributed by atoms with Crippen LogP contribution in [0.3, 0.4) is 0 Å². The minimum absolute atomic E-state index is 0.167. The molecule has 0 aliphatic carbocycles. The molecule has 0 aliphatic rings. The van der Waals surface area contributed by atoms with Gasteiger partial charge in [-0.3, -0.25) is 4.79 Å². The highest BCUT2D eigenvalue weighted by Crippen LogP contribution is 2.28. The second-order valence-electron chi connectivity index (χ2n) is 4.38. The Hall–Kier alpha value is -1.71. The van der Waals surface area contributed by atoms with Crippen LogP contribution in [0.15, 0.2) is 18.2 Å². The van der Waals surface area contributed by atoms with Gasteiger partial charge in [0.25, 0.3) is 0 Å². The summed E-state index contributed by atoms with van der Waals surface area (Å²) < 4.78 is 5.45. The van der Waals surface area contributed by atoms with E-state index >= 15 is 0 Å². The Labute approximate surface area is 108 Å². The molecule has 0 saturated heterocycles. The Kier molecular flexibility index (Phi) is 5.49. The summed E-state index contributed by atoms with van der Waals surface area (Å²) in [5.74, 6) is -0.167. The first kappa shape index (κ1) is 14.4. The third kappa shape index (κ3) is 3.95. The molecule has 0 spiro atoms. The highest BCUT2D eigenvalue weighted by Gasteiger charge is 2.17. The van der Waals surface area contributed by atoms with Crippen molar-refractivity contribution in [1.29, 1.82) is 0 Å². The number of nitrogen functional groups attached to an aromatic ring is 2. The number of rotatable bonds is 6. The summed E-state index contributed by atoms with van der Waals surface area (Å²) in [4.78, 5) is 11.6. The average Bonchev–Trinajstić information content (AvgIpc) is 2.34. The molecule has 1 atom stereocenters. The molecule has 4 heteroatoms. The van der Waals surface area contributed by atoms with Crippen molar-refractivity contribution >= 4 is 17.3 Å². The molecule has 0 fully saturated rings. The summed E-state index contributed by atoms with van der Waals surface area (Å²) in [6.07, 6.45) is 2.71. The molecule has 18 heavy (non-hydrogen) atoms. The van der Waals surface area contributed by atoms with Crippen molar-refractivity contribution in [2.45, 2.75) is 45.6 Å². The second-order valence-corrected chi connectivity index (χ2v) is 4.38. The summed E-state index contributed by atoms with van der Waals surface area (Å²) in [5.41, 5.74) is 13.6. The molecule has 1 unspecified atom stereocenters. The third-order valence-electron chi connectivity index (χ3n) is 2.84. The summed E-state index contributed by atoms with van der Waals surface area (Å²) >= 11 is 0. The van der Waals surface area contributed by atoms with Crippen molar-refractivity contribution < 1.29 is 9.53 Å². The molecule has 0 aromatic heterocycles. The van der Waals surface area contributed by atoms with E-state index in [4.69, 9.17) is 16.2 Å². The van der Waals surface area contributed by atoms with Gasteiger partial charge in [-0.15, -0.1) is 0 Å². The summed E-state index contributed by atoms with van der Waals surface area (Å²) in [7, 11) is 0. The number of unbranched alkanes of at least 4 members (excludes halogenated alkanes) is 1. The van der Waals surface area contributed by atoms with Crippen LogP contribution in [-0.2, 0) is 9.53 Å². The van der Waals surface area contributed by atoms with Crippen LogP contribution in [0.25, 0.3) is 0 Å². The first-order valence-corrected chi connectivity index (χ1v) is 6.42. The van der Waals surface area contributed by atoms with Crippen molar-refractivity contribution in [3.8, 4) is 0 Å². The van der Waals surface area contributed by atoms with Gasteiger partial charge >= 0.3 is 5.97 Å². The van der Waals surface area contributed by atoms with Crippen molar-refractivity contribution in [3.05, 3.63) is 23.8 Å². The Morgan fingerprint density at radius 3 is 2.61 bits per heavy atom. The van der Waals surface area contributed by atoms with Crippen LogP contribution < -0.4 is 11.5 Å². The van der Waals surface area contributed by atoms with E-state index in [1.807, 2.05) is 19.9 Å². The largest absolute Gasteiger partial charge is 0.457 e. The smallest absolute Gasteiger partial charge is 0.306 e. The maximum atomic E-state index is 11.6. The number of hydrogen-bond donors (Lipinski definition) is 2. The quantitative estimate of drug-likeness (QED) is 0.601. The van der Waals surface area contributed by atoms with Gasteiger partial charge in [0.15, 0.2) is 0 Å². The van der Waals surface area contributed by atoms with Gasteiger partial charge in [-0.25, -0.2) is 0 Å². The lowest BCUT2D eigenvalue weighted by atomic mass is 10.0. The Bertz CT molecular complexity index is 405. The predicted molar refractivity (Wildman–Crippen MR) is 73.9 cm³/mol. The van der Waals surface area contributed by atoms with E-state index in [1.54, 1.807) is 12.1 Å². The van der Waals surface area contributed by atoms with Gasteiger partial charge < -0.3 is 16.2 Å². The summed E-state index contributed by atoms with van der Waals surface area (Å²) in [6, 6.07) is 5.29. The SMILES string of the molecule is CCCCC(=O)OC(CC)c1ccc(N)cc1N. The minimum atomic E-state index is -0.282. The number of anilines is 2. The van der Waals surface area contributed by atoms with Gasteiger partial charge in [0.05, 0.1) is 0 Å². The average molecular weight is 250 g/mol. The molecule has 0 radical (unpaired) electrons. The molecule has 0 bridgehead atoms. The van der Waals surface area contributed by atoms with Crippen molar-refractivity contribution in [2.24, 2.45) is 0 Å². The fourth-order valence-electron chi connectivity index (χ4n) is 1.79. The van der Waals surface area contributed by atoms with Gasteiger partial charge in [0.1, 0.15) is 6.10 Å². The normalized spacial score (nSPS) is 12.1. The van der Waals surface area contributed by atoms with Crippen LogP contribution >= 0.6 is 0 Å². The van der Waals surface area contributed by atoms with Crippen molar-refractivity contribution in [2.75, 3.05) is 11.5 Å². The number of hydrogen-bond acceptors (Lipinski definition) is 4. The molecule has 1 aromatic rings. The van der Waals surface area contributed by atoms with Crippen LogP contribution in [0, 0.1) is 0 Å². The van der Waals surface area contributed by atoms with E-state index in [0.29, 0.717) is 24.2 Å².